The van der Waals surface area contributed by atoms with Gasteiger partial charge in [-0.2, -0.15) is 0 Å². The topological polar surface area (TPSA) is 90.5 Å². The summed E-state index contributed by atoms with van der Waals surface area (Å²) in [5.41, 5.74) is -0.181. The maximum atomic E-state index is 16.1. The molecule has 0 aliphatic carbocycles. The summed E-state index contributed by atoms with van der Waals surface area (Å²) in [6, 6.07) is 14.1. The summed E-state index contributed by atoms with van der Waals surface area (Å²) >= 11 is 12.4. The zero-order valence-corrected chi connectivity index (χ0v) is 25.4. The van der Waals surface area contributed by atoms with Gasteiger partial charge in [-0.25, -0.2) is 13.6 Å². The second-order valence-electron chi connectivity index (χ2n) is 12.0. The number of rotatable bonds is 9. The van der Waals surface area contributed by atoms with Crippen LogP contribution in [0.3, 0.4) is 0 Å². The lowest BCUT2D eigenvalue weighted by Gasteiger charge is -2.43. The molecule has 6 nitrogen and oxygen atoms in total. The summed E-state index contributed by atoms with van der Waals surface area (Å²) in [6.45, 7) is 6.50. The van der Waals surface area contributed by atoms with Crippen LogP contribution in [0.1, 0.15) is 60.2 Å². The first-order chi connectivity index (χ1) is 19.8. The predicted molar refractivity (Wildman–Crippen MR) is 161 cm³/mol. The molecule has 4 rings (SSSR count). The number of aromatic carboxylic acids is 1. The van der Waals surface area contributed by atoms with E-state index in [1.165, 1.54) is 25.2 Å². The third kappa shape index (κ3) is 6.47. The van der Waals surface area contributed by atoms with Gasteiger partial charge in [0.05, 0.1) is 16.6 Å². The maximum absolute atomic E-state index is 16.1. The highest BCUT2D eigenvalue weighted by Gasteiger charge is 2.60. The van der Waals surface area contributed by atoms with E-state index < -0.39 is 41.0 Å². The van der Waals surface area contributed by atoms with Gasteiger partial charge < -0.3 is 21.1 Å². The highest BCUT2D eigenvalue weighted by molar-refractivity contribution is 6.31. The molecule has 0 saturated carbocycles. The molecule has 10 heteroatoms. The molecule has 0 aromatic heterocycles. The second kappa shape index (κ2) is 12.7. The number of nitrogens with one attached hydrogen (secondary N) is 3. The molecule has 3 aromatic carbocycles. The molecular weight excluding hydrogens is 583 g/mol. The third-order valence-electron chi connectivity index (χ3n) is 7.91. The van der Waals surface area contributed by atoms with Crippen molar-refractivity contribution >= 4 is 35.1 Å². The van der Waals surface area contributed by atoms with E-state index in [0.29, 0.717) is 12.0 Å². The lowest BCUT2D eigenvalue weighted by Crippen LogP contribution is -2.51. The summed E-state index contributed by atoms with van der Waals surface area (Å²) in [7, 11) is 1.50. The van der Waals surface area contributed by atoms with Crippen LogP contribution in [-0.2, 0) is 16.8 Å². The molecule has 0 radical (unpaired) electrons. The molecule has 1 aliphatic rings. The molecule has 4 N–H and O–H groups in total. The molecular formula is C32H35Cl2F2N3O3. The molecule has 224 valence electrons. The molecule has 1 amide bonds. The van der Waals surface area contributed by atoms with E-state index in [-0.39, 0.29) is 51.1 Å². The average molecular weight is 619 g/mol. The number of carbonyl (C=O) groups excluding carboxylic acids is 1. The Morgan fingerprint density at radius 1 is 1.05 bits per heavy atom. The van der Waals surface area contributed by atoms with Crippen LogP contribution in [0.25, 0.3) is 0 Å². The van der Waals surface area contributed by atoms with Crippen LogP contribution >= 0.6 is 23.2 Å². The predicted octanol–water partition coefficient (Wildman–Crippen LogP) is 6.30. The van der Waals surface area contributed by atoms with Crippen molar-refractivity contribution in [1.82, 2.24) is 16.0 Å². The number of amides is 1. The van der Waals surface area contributed by atoms with Crippen LogP contribution in [0.2, 0.25) is 10.0 Å². The SMILES string of the molecule is CNC(=O)[C@@H]1N[C@@H](CC(C)(C)C)[C@](CNCc2cccc(C(=O)O)c2)(c2ccc(Cl)cc2F)[C@H]1c1cccc(Cl)c1F. The molecule has 42 heavy (non-hydrogen) atoms. The van der Waals surface area contributed by atoms with Crippen molar-refractivity contribution in [2.24, 2.45) is 5.41 Å². The number of halogens is 4. The number of hydrogen-bond acceptors (Lipinski definition) is 4. The summed E-state index contributed by atoms with van der Waals surface area (Å²) < 4.78 is 32.0. The molecule has 1 heterocycles. The first-order valence-electron chi connectivity index (χ1n) is 13.7. The Kier molecular flexibility index (Phi) is 9.62. The number of carbonyl (C=O) groups is 2. The lowest BCUT2D eigenvalue weighted by molar-refractivity contribution is -0.122. The first kappa shape index (κ1) is 31.9. The van der Waals surface area contributed by atoms with Crippen molar-refractivity contribution in [3.63, 3.8) is 0 Å². The molecule has 0 bridgehead atoms. The fourth-order valence-corrected chi connectivity index (χ4v) is 6.55. The van der Waals surface area contributed by atoms with Crippen molar-refractivity contribution in [3.8, 4) is 0 Å². The minimum Gasteiger partial charge on any atom is -0.478 e. The van der Waals surface area contributed by atoms with Crippen molar-refractivity contribution in [2.75, 3.05) is 13.6 Å². The molecule has 1 fully saturated rings. The zero-order valence-electron chi connectivity index (χ0n) is 23.9. The van der Waals surface area contributed by atoms with Crippen LogP contribution in [-0.4, -0.2) is 42.7 Å². The van der Waals surface area contributed by atoms with Crippen LogP contribution in [0.4, 0.5) is 8.78 Å². The molecule has 1 saturated heterocycles. The molecule has 0 spiro atoms. The summed E-state index contributed by atoms with van der Waals surface area (Å²) in [6.07, 6.45) is 0.511. The number of hydrogen-bond donors (Lipinski definition) is 4. The Morgan fingerprint density at radius 3 is 2.40 bits per heavy atom. The Hall–Kier alpha value is -3.04. The standard InChI is InChI=1S/C32H35Cl2F2N3O3/c1-31(2,3)15-25-32(22-12-11-20(33)14-24(22)35,17-38-16-18-7-5-8-19(13-18)30(41)42)26(28(39-25)29(40)37-4)21-9-6-10-23(34)27(21)36/h5-14,25-26,28,38-39H,15-17H2,1-4H3,(H,37,40)(H,41,42)/t25-,26-,28+,32-/m0/s1. The summed E-state index contributed by atoms with van der Waals surface area (Å²) in [4.78, 5) is 25.0. The van der Waals surface area contributed by atoms with Gasteiger partial charge in [-0.3, -0.25) is 4.79 Å². The van der Waals surface area contributed by atoms with Gasteiger partial charge in [0.15, 0.2) is 0 Å². The van der Waals surface area contributed by atoms with Gasteiger partial charge >= 0.3 is 5.97 Å². The van der Waals surface area contributed by atoms with Gasteiger partial charge in [-0.1, -0.05) is 74.3 Å². The van der Waals surface area contributed by atoms with Gasteiger partial charge in [0.1, 0.15) is 11.6 Å². The summed E-state index contributed by atoms with van der Waals surface area (Å²) in [5, 5.41) is 19.1. The van der Waals surface area contributed by atoms with E-state index in [4.69, 9.17) is 23.2 Å². The van der Waals surface area contributed by atoms with Gasteiger partial charge in [0.2, 0.25) is 5.91 Å². The quantitative estimate of drug-likeness (QED) is 0.226. The molecule has 0 unspecified atom stereocenters. The number of carboxylic acids is 1. The Balaban J connectivity index is 1.95. The molecule has 4 atom stereocenters. The Bertz CT molecular complexity index is 1480. The minimum atomic E-state index is -1.21. The van der Waals surface area contributed by atoms with Gasteiger partial charge in [0.25, 0.3) is 0 Å². The van der Waals surface area contributed by atoms with Gasteiger partial charge in [0, 0.05) is 42.5 Å². The van der Waals surface area contributed by atoms with Crippen LogP contribution in [0.5, 0.6) is 0 Å². The second-order valence-corrected chi connectivity index (χ2v) is 12.8. The Labute approximate surface area is 254 Å². The smallest absolute Gasteiger partial charge is 0.335 e. The van der Waals surface area contributed by atoms with Gasteiger partial charge in [-0.05, 0) is 58.9 Å². The van der Waals surface area contributed by atoms with Crippen molar-refractivity contribution in [2.45, 2.75) is 57.2 Å². The Morgan fingerprint density at radius 2 is 1.76 bits per heavy atom. The van der Waals surface area contributed by atoms with Crippen LogP contribution in [0.15, 0.2) is 60.7 Å². The number of carboxylic acid groups (broad SMARTS) is 1. The number of likely N-dealkylation sites (N-methyl/N-ethyl adjacent to an activating group) is 1. The van der Waals surface area contributed by atoms with Gasteiger partial charge in [-0.15, -0.1) is 0 Å². The third-order valence-corrected chi connectivity index (χ3v) is 8.43. The zero-order chi connectivity index (χ0) is 30.8. The van der Waals surface area contributed by atoms with Crippen LogP contribution < -0.4 is 16.0 Å². The fourth-order valence-electron chi connectivity index (χ4n) is 6.21. The molecule has 1 aliphatic heterocycles. The first-order valence-corrected chi connectivity index (χ1v) is 14.4. The molecule has 3 aromatic rings. The maximum Gasteiger partial charge on any atom is 0.335 e. The minimum absolute atomic E-state index is 0.105. The van der Waals surface area contributed by atoms with Crippen molar-refractivity contribution < 1.29 is 23.5 Å². The monoisotopic (exact) mass is 617 g/mol. The van der Waals surface area contributed by atoms with E-state index in [9.17, 15) is 14.7 Å². The summed E-state index contributed by atoms with van der Waals surface area (Å²) in [5.74, 6) is -3.57. The average Bonchev–Trinajstić information content (AvgIpc) is 3.22. The van der Waals surface area contributed by atoms with E-state index in [1.54, 1.807) is 42.5 Å². The van der Waals surface area contributed by atoms with Crippen molar-refractivity contribution in [3.05, 3.63) is 105 Å². The van der Waals surface area contributed by atoms with E-state index in [0.717, 1.165) is 0 Å². The van der Waals surface area contributed by atoms with E-state index in [2.05, 4.69) is 16.0 Å². The highest BCUT2D eigenvalue weighted by atomic mass is 35.5. The fraction of sp³-hybridized carbons (Fsp3) is 0.375. The lowest BCUT2D eigenvalue weighted by atomic mass is 9.61. The van der Waals surface area contributed by atoms with Crippen molar-refractivity contribution in [1.29, 1.82) is 0 Å². The normalized spacial score (nSPS) is 22.2. The van der Waals surface area contributed by atoms with E-state index >= 15 is 8.78 Å². The van der Waals surface area contributed by atoms with E-state index in [1.807, 2.05) is 20.8 Å². The largest absolute Gasteiger partial charge is 0.478 e. The van der Waals surface area contributed by atoms with Crippen LogP contribution in [0, 0.1) is 17.0 Å². The highest BCUT2D eigenvalue weighted by Crippen LogP contribution is 2.52. The number of benzene rings is 3.